The third-order valence-corrected chi connectivity index (χ3v) is 3.79. The van der Waals surface area contributed by atoms with Crippen molar-refractivity contribution in [1.29, 1.82) is 0 Å². The van der Waals surface area contributed by atoms with E-state index in [2.05, 4.69) is 15.0 Å². The summed E-state index contributed by atoms with van der Waals surface area (Å²) in [5, 5.41) is 4.98. The first-order valence-corrected chi connectivity index (χ1v) is 7.28. The summed E-state index contributed by atoms with van der Waals surface area (Å²) in [6, 6.07) is 8.13. The van der Waals surface area contributed by atoms with Gasteiger partial charge in [0.2, 0.25) is 0 Å². The molecule has 94 valence electrons. The number of ether oxygens (including phenoxy) is 1. The smallest absolute Gasteiger partial charge is 0.413 e. The Bertz CT molecular complexity index is 537. The Balaban J connectivity index is 2.15. The lowest BCUT2D eigenvalue weighted by Crippen LogP contribution is -2.10. The zero-order valence-corrected chi connectivity index (χ0v) is 11.6. The quantitative estimate of drug-likeness (QED) is 0.871. The first-order valence-electron chi connectivity index (χ1n) is 5.18. The van der Waals surface area contributed by atoms with Crippen LogP contribution in [0.3, 0.4) is 0 Å². The van der Waals surface area contributed by atoms with Gasteiger partial charge in [0.25, 0.3) is 0 Å². The van der Waals surface area contributed by atoms with Crippen LogP contribution in [-0.2, 0) is 4.74 Å². The first kappa shape index (κ1) is 12.9. The number of nitrogens with zero attached hydrogens (tertiary/aromatic N) is 1. The minimum Gasteiger partial charge on any atom is -0.453 e. The van der Waals surface area contributed by atoms with Crippen LogP contribution in [0.4, 0.5) is 9.93 Å². The van der Waals surface area contributed by atoms with E-state index in [9.17, 15) is 4.79 Å². The van der Waals surface area contributed by atoms with Crippen molar-refractivity contribution in [1.82, 2.24) is 4.98 Å². The molecule has 1 heterocycles. The van der Waals surface area contributed by atoms with Gasteiger partial charge in [-0.05, 0) is 18.4 Å². The summed E-state index contributed by atoms with van der Waals surface area (Å²) >= 11 is 3.07. The minimum absolute atomic E-state index is 0.506. The Morgan fingerprint density at radius 2 is 2.11 bits per heavy atom. The molecule has 0 aliphatic carbocycles. The van der Waals surface area contributed by atoms with Crippen LogP contribution in [0.15, 0.2) is 34.5 Å². The number of hydrogen-bond donors (Lipinski definition) is 1. The molecule has 0 atom stereocenters. The summed E-state index contributed by atoms with van der Waals surface area (Å²) in [4.78, 5) is 16.6. The number of methoxy groups -OCH3 is 1. The number of thiazole rings is 1. The van der Waals surface area contributed by atoms with Gasteiger partial charge >= 0.3 is 6.09 Å². The van der Waals surface area contributed by atoms with Crippen molar-refractivity contribution < 1.29 is 9.53 Å². The van der Waals surface area contributed by atoms with Gasteiger partial charge in [-0.25, -0.2) is 9.78 Å². The van der Waals surface area contributed by atoms with E-state index in [1.54, 1.807) is 11.8 Å². The number of benzene rings is 1. The van der Waals surface area contributed by atoms with Gasteiger partial charge in [-0.1, -0.05) is 12.1 Å². The third kappa shape index (κ3) is 3.02. The molecule has 0 aliphatic heterocycles. The van der Waals surface area contributed by atoms with Gasteiger partial charge in [0.05, 0.1) is 12.8 Å². The summed E-state index contributed by atoms with van der Waals surface area (Å²) in [5.41, 5.74) is 1.88. The number of amides is 1. The van der Waals surface area contributed by atoms with Crippen molar-refractivity contribution in [3.63, 3.8) is 0 Å². The molecule has 1 aromatic heterocycles. The fourth-order valence-electron chi connectivity index (χ4n) is 1.36. The van der Waals surface area contributed by atoms with Crippen LogP contribution in [0.25, 0.3) is 11.3 Å². The molecular weight excluding hydrogens is 268 g/mol. The number of aromatic nitrogens is 1. The van der Waals surface area contributed by atoms with E-state index in [-0.39, 0.29) is 0 Å². The van der Waals surface area contributed by atoms with Gasteiger partial charge in [-0.3, -0.25) is 5.32 Å². The van der Waals surface area contributed by atoms with Crippen molar-refractivity contribution in [3.8, 4) is 11.3 Å². The van der Waals surface area contributed by atoms with Crippen molar-refractivity contribution in [2.45, 2.75) is 4.90 Å². The fraction of sp³-hybridized carbons (Fsp3) is 0.167. The third-order valence-electron chi connectivity index (χ3n) is 2.28. The van der Waals surface area contributed by atoms with Crippen molar-refractivity contribution >= 4 is 34.3 Å². The molecule has 0 saturated carbocycles. The zero-order valence-electron chi connectivity index (χ0n) is 9.97. The number of anilines is 1. The van der Waals surface area contributed by atoms with Crippen LogP contribution >= 0.6 is 23.1 Å². The maximum absolute atomic E-state index is 11.0. The lowest BCUT2D eigenvalue weighted by molar-refractivity contribution is 0.187. The SMILES string of the molecule is COC(=O)Nc1nc(-c2ccc(SC)cc2)cs1. The Labute approximate surface area is 113 Å². The highest BCUT2D eigenvalue weighted by atomic mass is 32.2. The van der Waals surface area contributed by atoms with Crippen molar-refractivity contribution in [2.75, 3.05) is 18.7 Å². The van der Waals surface area contributed by atoms with E-state index >= 15 is 0 Å². The van der Waals surface area contributed by atoms with Crippen molar-refractivity contribution in [2.24, 2.45) is 0 Å². The highest BCUT2D eigenvalue weighted by Gasteiger charge is 2.07. The van der Waals surface area contributed by atoms with Crippen molar-refractivity contribution in [3.05, 3.63) is 29.6 Å². The number of carbonyl (C=O) groups is 1. The molecule has 1 N–H and O–H groups in total. The molecule has 18 heavy (non-hydrogen) atoms. The van der Waals surface area contributed by atoms with E-state index in [1.165, 1.54) is 23.3 Å². The fourth-order valence-corrected chi connectivity index (χ4v) is 2.48. The zero-order chi connectivity index (χ0) is 13.0. The lowest BCUT2D eigenvalue weighted by atomic mass is 10.2. The molecule has 6 heteroatoms. The van der Waals surface area contributed by atoms with Gasteiger partial charge in [0.15, 0.2) is 5.13 Å². The maximum Gasteiger partial charge on any atom is 0.413 e. The number of thioether (sulfide) groups is 1. The Hall–Kier alpha value is -1.53. The predicted octanol–water partition coefficient (Wildman–Crippen LogP) is 3.71. The van der Waals surface area contributed by atoms with E-state index in [1.807, 2.05) is 35.9 Å². The Morgan fingerprint density at radius 3 is 2.72 bits per heavy atom. The molecule has 0 bridgehead atoms. The minimum atomic E-state index is -0.506. The molecule has 0 fully saturated rings. The molecule has 4 nitrogen and oxygen atoms in total. The maximum atomic E-state index is 11.0. The van der Waals surface area contributed by atoms with E-state index < -0.39 is 6.09 Å². The van der Waals surface area contributed by atoms with Gasteiger partial charge in [0, 0.05) is 15.8 Å². The van der Waals surface area contributed by atoms with Gasteiger partial charge in [0.1, 0.15) is 0 Å². The highest BCUT2D eigenvalue weighted by Crippen LogP contribution is 2.26. The summed E-state index contributed by atoms with van der Waals surface area (Å²) in [6.45, 7) is 0. The molecule has 0 saturated heterocycles. The standard InChI is InChI=1S/C12H12N2O2S2/c1-16-12(15)14-11-13-10(7-18-11)8-3-5-9(17-2)6-4-8/h3-7H,1-2H3,(H,13,14,15). The van der Waals surface area contributed by atoms with Crippen LogP contribution in [0.2, 0.25) is 0 Å². The monoisotopic (exact) mass is 280 g/mol. The molecule has 2 rings (SSSR count). The summed E-state index contributed by atoms with van der Waals surface area (Å²) < 4.78 is 4.51. The summed E-state index contributed by atoms with van der Waals surface area (Å²) in [6.07, 6.45) is 1.53. The largest absolute Gasteiger partial charge is 0.453 e. The number of carbonyl (C=O) groups excluding carboxylic acids is 1. The van der Waals surface area contributed by atoms with E-state index in [0.29, 0.717) is 5.13 Å². The second kappa shape index (κ2) is 5.88. The molecule has 0 unspecified atom stereocenters. The molecular formula is C12H12N2O2S2. The summed E-state index contributed by atoms with van der Waals surface area (Å²) in [7, 11) is 1.32. The number of hydrogen-bond acceptors (Lipinski definition) is 5. The Kier molecular flexibility index (Phi) is 4.22. The molecule has 0 spiro atoms. The second-order valence-electron chi connectivity index (χ2n) is 3.38. The predicted molar refractivity (Wildman–Crippen MR) is 75.4 cm³/mol. The number of nitrogens with one attached hydrogen (secondary N) is 1. The van der Waals surface area contributed by atoms with Crippen LogP contribution < -0.4 is 5.32 Å². The Morgan fingerprint density at radius 1 is 1.39 bits per heavy atom. The molecule has 0 aliphatic rings. The lowest BCUT2D eigenvalue weighted by Gasteiger charge is -1.99. The topological polar surface area (TPSA) is 51.2 Å². The van der Waals surface area contributed by atoms with Gasteiger partial charge in [-0.2, -0.15) is 0 Å². The second-order valence-corrected chi connectivity index (χ2v) is 5.12. The van der Waals surface area contributed by atoms with Crippen LogP contribution in [0, 0.1) is 0 Å². The molecule has 2 aromatic rings. The van der Waals surface area contributed by atoms with E-state index in [4.69, 9.17) is 0 Å². The average Bonchev–Trinajstić information content (AvgIpc) is 2.87. The van der Waals surface area contributed by atoms with E-state index in [0.717, 1.165) is 11.3 Å². The average molecular weight is 280 g/mol. The highest BCUT2D eigenvalue weighted by molar-refractivity contribution is 7.98. The molecule has 1 aromatic carbocycles. The van der Waals surface area contributed by atoms with Gasteiger partial charge in [-0.15, -0.1) is 23.1 Å². The molecule has 0 radical (unpaired) electrons. The summed E-state index contributed by atoms with van der Waals surface area (Å²) in [5.74, 6) is 0. The number of rotatable bonds is 3. The first-order chi connectivity index (χ1) is 8.72. The van der Waals surface area contributed by atoms with Crippen LogP contribution in [0.1, 0.15) is 0 Å². The van der Waals surface area contributed by atoms with Gasteiger partial charge < -0.3 is 4.74 Å². The molecule has 1 amide bonds. The van der Waals surface area contributed by atoms with Crippen LogP contribution in [-0.4, -0.2) is 24.4 Å². The normalized spacial score (nSPS) is 10.1. The van der Waals surface area contributed by atoms with Crippen LogP contribution in [0.5, 0.6) is 0 Å².